The van der Waals surface area contributed by atoms with Crippen molar-refractivity contribution in [3.63, 3.8) is 0 Å². The summed E-state index contributed by atoms with van der Waals surface area (Å²) in [6.45, 7) is 9.17. The van der Waals surface area contributed by atoms with Gasteiger partial charge >= 0.3 is 5.97 Å². The van der Waals surface area contributed by atoms with Crippen LogP contribution in [0.2, 0.25) is 0 Å². The van der Waals surface area contributed by atoms with E-state index in [-0.39, 0.29) is 35.9 Å². The van der Waals surface area contributed by atoms with Crippen LogP contribution in [0, 0.1) is 11.8 Å². The Balaban J connectivity index is 0.00000484. The molecule has 0 radical (unpaired) electrons. The lowest BCUT2D eigenvalue weighted by molar-refractivity contribution is -0.144. The normalized spacial score (nSPS) is 18.0. The third-order valence-corrected chi connectivity index (χ3v) is 4.22. The molecule has 1 fully saturated rings. The van der Waals surface area contributed by atoms with Crippen LogP contribution < -0.4 is 10.6 Å². The summed E-state index contributed by atoms with van der Waals surface area (Å²) in [5.74, 6) is 1.23. The van der Waals surface area contributed by atoms with E-state index in [1.165, 1.54) is 33.0 Å². The van der Waals surface area contributed by atoms with E-state index in [0.29, 0.717) is 6.54 Å². The van der Waals surface area contributed by atoms with E-state index in [1.54, 1.807) is 7.05 Å². The third kappa shape index (κ3) is 9.34. The summed E-state index contributed by atoms with van der Waals surface area (Å²) in [4.78, 5) is 18.1. The fourth-order valence-electron chi connectivity index (χ4n) is 2.55. The maximum absolute atomic E-state index is 11.3. The molecule has 0 saturated carbocycles. The predicted octanol–water partition coefficient (Wildman–Crippen LogP) is 1.70. The van der Waals surface area contributed by atoms with Crippen LogP contribution in [0.5, 0.6) is 0 Å². The Labute approximate surface area is 157 Å². The number of ether oxygens (including phenoxy) is 1. The molecule has 7 heteroatoms. The summed E-state index contributed by atoms with van der Waals surface area (Å²) < 4.78 is 4.71. The number of likely N-dealkylation sites (tertiary alicyclic amines) is 1. The second-order valence-corrected chi connectivity index (χ2v) is 6.18. The van der Waals surface area contributed by atoms with Crippen LogP contribution in [0.4, 0.5) is 0 Å². The van der Waals surface area contributed by atoms with Crippen LogP contribution in [0.3, 0.4) is 0 Å². The molecule has 0 amide bonds. The second-order valence-electron chi connectivity index (χ2n) is 6.18. The Morgan fingerprint density at radius 3 is 2.57 bits per heavy atom. The lowest BCUT2D eigenvalue weighted by atomic mass is 9.99. The number of guanidine groups is 1. The average molecular weight is 440 g/mol. The molecule has 1 heterocycles. The van der Waals surface area contributed by atoms with Crippen molar-refractivity contribution in [1.29, 1.82) is 0 Å². The van der Waals surface area contributed by atoms with Crippen molar-refractivity contribution in [2.75, 3.05) is 46.9 Å². The molecule has 1 atom stereocenters. The molecule has 0 aromatic carbocycles. The molecule has 1 aliphatic rings. The molecule has 136 valence electrons. The number of carbonyl (C=O) groups is 1. The van der Waals surface area contributed by atoms with Gasteiger partial charge in [0, 0.05) is 20.1 Å². The fraction of sp³-hybridized carbons (Fsp3) is 0.875. The SMILES string of the molecule is CN=C(NCCCN1CCC(C)CC1)NCC(C)C(=O)OC.I. The van der Waals surface area contributed by atoms with Crippen molar-refractivity contribution in [1.82, 2.24) is 15.5 Å². The van der Waals surface area contributed by atoms with Crippen molar-refractivity contribution in [2.45, 2.75) is 33.1 Å². The van der Waals surface area contributed by atoms with Gasteiger partial charge in [-0.05, 0) is 44.8 Å². The number of piperidine rings is 1. The van der Waals surface area contributed by atoms with Crippen LogP contribution in [0.15, 0.2) is 4.99 Å². The van der Waals surface area contributed by atoms with Gasteiger partial charge in [-0.15, -0.1) is 24.0 Å². The second kappa shape index (κ2) is 12.8. The molecule has 0 aliphatic carbocycles. The van der Waals surface area contributed by atoms with Gasteiger partial charge in [-0.1, -0.05) is 13.8 Å². The van der Waals surface area contributed by atoms with Crippen LogP contribution in [0.1, 0.15) is 33.1 Å². The number of methoxy groups -OCH3 is 1. The minimum absolute atomic E-state index is 0. The smallest absolute Gasteiger partial charge is 0.310 e. The first kappa shape index (κ1) is 22.4. The minimum atomic E-state index is -0.206. The number of nitrogens with zero attached hydrogens (tertiary/aromatic N) is 2. The zero-order valence-corrected chi connectivity index (χ0v) is 17.3. The molecule has 0 spiro atoms. The topological polar surface area (TPSA) is 66.0 Å². The van der Waals surface area contributed by atoms with Crippen molar-refractivity contribution in [3.8, 4) is 0 Å². The first-order valence-corrected chi connectivity index (χ1v) is 8.31. The van der Waals surface area contributed by atoms with Crippen LogP contribution in [-0.4, -0.2) is 63.7 Å². The summed E-state index contributed by atoms with van der Waals surface area (Å²) in [6.07, 6.45) is 3.74. The summed E-state index contributed by atoms with van der Waals surface area (Å²) in [7, 11) is 3.15. The summed E-state index contributed by atoms with van der Waals surface area (Å²) in [5.41, 5.74) is 0. The van der Waals surface area contributed by atoms with E-state index in [2.05, 4.69) is 27.4 Å². The van der Waals surface area contributed by atoms with Gasteiger partial charge in [0.2, 0.25) is 0 Å². The maximum Gasteiger partial charge on any atom is 0.310 e. The standard InChI is InChI=1S/C16H32N4O2.HI/c1-13-6-10-20(11-7-13)9-5-8-18-16(17-3)19-12-14(2)15(21)22-4;/h13-14H,5-12H2,1-4H3,(H2,17,18,19);1H. The zero-order chi connectivity index (χ0) is 16.4. The van der Waals surface area contributed by atoms with Crippen molar-refractivity contribution in [3.05, 3.63) is 0 Å². The van der Waals surface area contributed by atoms with Gasteiger partial charge in [-0.3, -0.25) is 9.79 Å². The number of carbonyl (C=O) groups excluding carboxylic acids is 1. The quantitative estimate of drug-likeness (QED) is 0.208. The number of nitrogens with one attached hydrogen (secondary N) is 2. The number of aliphatic imine (C=N–C) groups is 1. The number of halogens is 1. The van der Waals surface area contributed by atoms with Gasteiger partial charge in [0.15, 0.2) is 5.96 Å². The zero-order valence-electron chi connectivity index (χ0n) is 14.9. The van der Waals surface area contributed by atoms with Gasteiger partial charge < -0.3 is 20.3 Å². The highest BCUT2D eigenvalue weighted by atomic mass is 127. The van der Waals surface area contributed by atoms with Gasteiger partial charge in [-0.25, -0.2) is 0 Å². The Morgan fingerprint density at radius 1 is 1.35 bits per heavy atom. The van der Waals surface area contributed by atoms with Gasteiger partial charge in [-0.2, -0.15) is 0 Å². The third-order valence-electron chi connectivity index (χ3n) is 4.22. The predicted molar refractivity (Wildman–Crippen MR) is 105 cm³/mol. The monoisotopic (exact) mass is 440 g/mol. The molecule has 0 aromatic heterocycles. The van der Waals surface area contributed by atoms with Crippen LogP contribution in [-0.2, 0) is 9.53 Å². The van der Waals surface area contributed by atoms with E-state index in [0.717, 1.165) is 31.4 Å². The van der Waals surface area contributed by atoms with Gasteiger partial charge in [0.1, 0.15) is 0 Å². The van der Waals surface area contributed by atoms with E-state index >= 15 is 0 Å². The number of rotatable bonds is 7. The van der Waals surface area contributed by atoms with E-state index in [4.69, 9.17) is 4.74 Å². The lowest BCUT2D eigenvalue weighted by Crippen LogP contribution is -2.42. The summed E-state index contributed by atoms with van der Waals surface area (Å²) in [5, 5.41) is 6.44. The molecule has 0 bridgehead atoms. The number of esters is 1. The first-order valence-electron chi connectivity index (χ1n) is 8.31. The molecule has 2 N–H and O–H groups in total. The Morgan fingerprint density at radius 2 is 2.00 bits per heavy atom. The first-order chi connectivity index (χ1) is 10.6. The van der Waals surface area contributed by atoms with Crippen molar-refractivity contribution >= 4 is 35.9 Å². The molecular formula is C16H33IN4O2. The van der Waals surface area contributed by atoms with Crippen LogP contribution >= 0.6 is 24.0 Å². The summed E-state index contributed by atoms with van der Waals surface area (Å²) >= 11 is 0. The largest absolute Gasteiger partial charge is 0.469 e. The van der Waals surface area contributed by atoms with Crippen LogP contribution in [0.25, 0.3) is 0 Å². The van der Waals surface area contributed by atoms with Crippen molar-refractivity contribution in [2.24, 2.45) is 16.8 Å². The molecule has 1 saturated heterocycles. The van der Waals surface area contributed by atoms with Gasteiger partial charge in [0.25, 0.3) is 0 Å². The van der Waals surface area contributed by atoms with E-state index in [9.17, 15) is 4.79 Å². The molecule has 1 rings (SSSR count). The Bertz CT molecular complexity index is 358. The average Bonchev–Trinajstić information content (AvgIpc) is 2.54. The maximum atomic E-state index is 11.3. The van der Waals surface area contributed by atoms with Gasteiger partial charge in [0.05, 0.1) is 13.0 Å². The number of hydrogen-bond acceptors (Lipinski definition) is 4. The molecule has 0 aromatic rings. The molecule has 1 aliphatic heterocycles. The lowest BCUT2D eigenvalue weighted by Gasteiger charge is -2.30. The highest BCUT2D eigenvalue weighted by Gasteiger charge is 2.15. The Hall–Kier alpha value is -0.570. The molecular weight excluding hydrogens is 407 g/mol. The Kier molecular flexibility index (Phi) is 12.5. The number of hydrogen-bond donors (Lipinski definition) is 2. The highest BCUT2D eigenvalue weighted by Crippen LogP contribution is 2.15. The molecule has 1 unspecified atom stereocenters. The fourth-order valence-corrected chi connectivity index (χ4v) is 2.55. The summed E-state index contributed by atoms with van der Waals surface area (Å²) in [6, 6.07) is 0. The molecule has 6 nitrogen and oxygen atoms in total. The van der Waals surface area contributed by atoms with E-state index < -0.39 is 0 Å². The van der Waals surface area contributed by atoms with E-state index in [1.807, 2.05) is 6.92 Å². The minimum Gasteiger partial charge on any atom is -0.469 e. The van der Waals surface area contributed by atoms with Crippen molar-refractivity contribution < 1.29 is 9.53 Å². The highest BCUT2D eigenvalue weighted by molar-refractivity contribution is 14.0. The molecule has 23 heavy (non-hydrogen) atoms.